The lowest BCUT2D eigenvalue weighted by atomic mass is 9.87. The molecule has 1 saturated carbocycles. The molecule has 0 aromatic heterocycles. The predicted molar refractivity (Wildman–Crippen MR) is 73.8 cm³/mol. The molecule has 2 aliphatic carbocycles. The summed E-state index contributed by atoms with van der Waals surface area (Å²) in [5.74, 6) is 1.87. The molecule has 3 rings (SSSR count). The van der Waals surface area contributed by atoms with Crippen LogP contribution >= 0.6 is 0 Å². The standard InChI is InChI=1S/C16H23NO/c17-15-9-3-8-14-13(15)7-4-10-16(14)18-11-12-5-1-2-6-12/h4,7,10,12,15H,1-3,5-6,8-9,11,17H2. The summed E-state index contributed by atoms with van der Waals surface area (Å²) in [5, 5.41) is 0. The van der Waals surface area contributed by atoms with Crippen LogP contribution in [0.5, 0.6) is 5.75 Å². The number of rotatable bonds is 3. The van der Waals surface area contributed by atoms with E-state index in [9.17, 15) is 0 Å². The van der Waals surface area contributed by atoms with Gasteiger partial charge in [0.2, 0.25) is 0 Å². The predicted octanol–water partition coefficient (Wildman–Crippen LogP) is 3.59. The second-order valence-corrected chi connectivity index (χ2v) is 5.78. The Balaban J connectivity index is 1.73. The second kappa shape index (κ2) is 5.31. The highest BCUT2D eigenvalue weighted by Gasteiger charge is 2.21. The van der Waals surface area contributed by atoms with E-state index in [0.717, 1.165) is 31.1 Å². The minimum Gasteiger partial charge on any atom is -0.493 e. The van der Waals surface area contributed by atoms with Gasteiger partial charge in [0, 0.05) is 6.04 Å². The van der Waals surface area contributed by atoms with Crippen LogP contribution in [0.2, 0.25) is 0 Å². The zero-order valence-corrected chi connectivity index (χ0v) is 11.0. The second-order valence-electron chi connectivity index (χ2n) is 5.78. The Kier molecular flexibility index (Phi) is 3.55. The lowest BCUT2D eigenvalue weighted by Crippen LogP contribution is -2.18. The van der Waals surface area contributed by atoms with E-state index >= 15 is 0 Å². The summed E-state index contributed by atoms with van der Waals surface area (Å²) in [4.78, 5) is 0. The molecule has 0 aliphatic heterocycles. The summed E-state index contributed by atoms with van der Waals surface area (Å²) in [6, 6.07) is 6.59. The van der Waals surface area contributed by atoms with Crippen LogP contribution in [-0.4, -0.2) is 6.61 Å². The Morgan fingerprint density at radius 2 is 1.94 bits per heavy atom. The Bertz CT molecular complexity index is 410. The molecule has 1 unspecified atom stereocenters. The minimum absolute atomic E-state index is 0.212. The van der Waals surface area contributed by atoms with E-state index < -0.39 is 0 Å². The van der Waals surface area contributed by atoms with E-state index in [1.165, 1.54) is 43.2 Å². The van der Waals surface area contributed by atoms with Gasteiger partial charge in [0.05, 0.1) is 6.61 Å². The van der Waals surface area contributed by atoms with E-state index in [0.29, 0.717) is 0 Å². The van der Waals surface area contributed by atoms with E-state index in [-0.39, 0.29) is 6.04 Å². The molecule has 2 aliphatic rings. The number of benzene rings is 1. The maximum Gasteiger partial charge on any atom is 0.122 e. The highest BCUT2D eigenvalue weighted by molar-refractivity contribution is 5.43. The lowest BCUT2D eigenvalue weighted by Gasteiger charge is -2.25. The summed E-state index contributed by atoms with van der Waals surface area (Å²) >= 11 is 0. The summed E-state index contributed by atoms with van der Waals surface area (Å²) < 4.78 is 6.08. The minimum atomic E-state index is 0.212. The van der Waals surface area contributed by atoms with Crippen molar-refractivity contribution in [1.82, 2.24) is 0 Å². The molecule has 1 aromatic rings. The molecule has 2 heteroatoms. The maximum absolute atomic E-state index is 6.18. The molecule has 0 spiro atoms. The topological polar surface area (TPSA) is 35.2 Å². The first-order valence-corrected chi connectivity index (χ1v) is 7.35. The summed E-state index contributed by atoms with van der Waals surface area (Å²) in [5.41, 5.74) is 8.86. The van der Waals surface area contributed by atoms with Gasteiger partial charge in [0.1, 0.15) is 5.75 Å². The summed E-state index contributed by atoms with van der Waals surface area (Å²) in [7, 11) is 0. The average molecular weight is 245 g/mol. The van der Waals surface area contributed by atoms with Crippen LogP contribution in [0.15, 0.2) is 18.2 Å². The normalized spacial score (nSPS) is 23.9. The van der Waals surface area contributed by atoms with Crippen molar-refractivity contribution in [2.24, 2.45) is 11.7 Å². The number of nitrogens with two attached hydrogens (primary N) is 1. The van der Waals surface area contributed by atoms with Crippen LogP contribution < -0.4 is 10.5 Å². The van der Waals surface area contributed by atoms with Crippen LogP contribution in [0, 0.1) is 5.92 Å². The molecular formula is C16H23NO. The molecule has 0 bridgehead atoms. The molecule has 98 valence electrons. The van der Waals surface area contributed by atoms with Gasteiger partial charge in [-0.1, -0.05) is 25.0 Å². The van der Waals surface area contributed by atoms with Crippen LogP contribution in [0.3, 0.4) is 0 Å². The third-order valence-electron chi connectivity index (χ3n) is 4.46. The lowest BCUT2D eigenvalue weighted by molar-refractivity contribution is 0.248. The van der Waals surface area contributed by atoms with E-state index in [2.05, 4.69) is 18.2 Å². The molecular weight excluding hydrogens is 222 g/mol. The van der Waals surface area contributed by atoms with Crippen molar-refractivity contribution in [1.29, 1.82) is 0 Å². The molecule has 1 fully saturated rings. The van der Waals surface area contributed by atoms with Crippen LogP contribution in [0.4, 0.5) is 0 Å². The van der Waals surface area contributed by atoms with E-state index in [1.807, 2.05) is 0 Å². The quantitative estimate of drug-likeness (QED) is 0.883. The first-order chi connectivity index (χ1) is 8.84. The van der Waals surface area contributed by atoms with Gasteiger partial charge in [0.15, 0.2) is 0 Å². The van der Waals surface area contributed by atoms with Gasteiger partial charge in [-0.3, -0.25) is 0 Å². The van der Waals surface area contributed by atoms with Gasteiger partial charge in [-0.05, 0) is 55.2 Å². The van der Waals surface area contributed by atoms with Crippen molar-refractivity contribution in [3.05, 3.63) is 29.3 Å². The monoisotopic (exact) mass is 245 g/mol. The smallest absolute Gasteiger partial charge is 0.122 e. The first kappa shape index (κ1) is 12.0. The van der Waals surface area contributed by atoms with Gasteiger partial charge in [-0.15, -0.1) is 0 Å². The van der Waals surface area contributed by atoms with Crippen LogP contribution in [0.1, 0.15) is 55.7 Å². The van der Waals surface area contributed by atoms with E-state index in [4.69, 9.17) is 10.5 Å². The molecule has 2 nitrogen and oxygen atoms in total. The van der Waals surface area contributed by atoms with Crippen molar-refractivity contribution in [2.75, 3.05) is 6.61 Å². The Hall–Kier alpha value is -1.02. The summed E-state index contributed by atoms with van der Waals surface area (Å²) in [6.45, 7) is 0.895. The molecule has 0 heterocycles. The van der Waals surface area contributed by atoms with Gasteiger partial charge in [-0.2, -0.15) is 0 Å². The molecule has 0 radical (unpaired) electrons. The van der Waals surface area contributed by atoms with Gasteiger partial charge < -0.3 is 10.5 Å². The third kappa shape index (κ3) is 2.39. The third-order valence-corrected chi connectivity index (χ3v) is 4.46. The molecule has 2 N–H and O–H groups in total. The van der Waals surface area contributed by atoms with Gasteiger partial charge in [0.25, 0.3) is 0 Å². The Morgan fingerprint density at radius 3 is 2.78 bits per heavy atom. The Labute approximate surface area is 110 Å². The highest BCUT2D eigenvalue weighted by atomic mass is 16.5. The fourth-order valence-corrected chi connectivity index (χ4v) is 3.37. The first-order valence-electron chi connectivity index (χ1n) is 7.35. The SMILES string of the molecule is NC1CCCc2c(OCC3CCCC3)cccc21. The zero-order chi connectivity index (χ0) is 12.4. The number of ether oxygens (including phenoxy) is 1. The fraction of sp³-hybridized carbons (Fsp3) is 0.625. The molecule has 18 heavy (non-hydrogen) atoms. The highest BCUT2D eigenvalue weighted by Crippen LogP contribution is 2.35. The van der Waals surface area contributed by atoms with Crippen molar-refractivity contribution in [3.8, 4) is 5.75 Å². The number of hydrogen-bond acceptors (Lipinski definition) is 2. The van der Waals surface area contributed by atoms with Crippen molar-refractivity contribution in [3.63, 3.8) is 0 Å². The maximum atomic E-state index is 6.18. The van der Waals surface area contributed by atoms with E-state index in [1.54, 1.807) is 0 Å². The molecule has 0 amide bonds. The fourth-order valence-electron chi connectivity index (χ4n) is 3.37. The number of hydrogen-bond donors (Lipinski definition) is 1. The molecule has 1 atom stereocenters. The van der Waals surface area contributed by atoms with Crippen molar-refractivity contribution >= 4 is 0 Å². The summed E-state index contributed by atoms with van der Waals surface area (Å²) in [6.07, 6.45) is 8.88. The molecule has 1 aromatic carbocycles. The van der Waals surface area contributed by atoms with Crippen LogP contribution in [0.25, 0.3) is 0 Å². The Morgan fingerprint density at radius 1 is 1.11 bits per heavy atom. The zero-order valence-electron chi connectivity index (χ0n) is 11.0. The van der Waals surface area contributed by atoms with Crippen molar-refractivity contribution in [2.45, 2.75) is 51.0 Å². The molecule has 0 saturated heterocycles. The van der Waals surface area contributed by atoms with Crippen LogP contribution in [-0.2, 0) is 6.42 Å². The van der Waals surface area contributed by atoms with Crippen molar-refractivity contribution < 1.29 is 4.74 Å². The number of fused-ring (bicyclic) bond motifs is 1. The average Bonchev–Trinajstić information content (AvgIpc) is 2.90. The largest absolute Gasteiger partial charge is 0.493 e. The van der Waals surface area contributed by atoms with Gasteiger partial charge in [-0.25, -0.2) is 0 Å². The van der Waals surface area contributed by atoms with Gasteiger partial charge >= 0.3 is 0 Å².